The molecule has 0 radical (unpaired) electrons. The number of carbonyl (C=O) groups excluding carboxylic acids is 1. The summed E-state index contributed by atoms with van der Waals surface area (Å²) >= 11 is 0. The second-order valence-corrected chi connectivity index (χ2v) is 7.21. The molecule has 1 saturated heterocycles. The van der Waals surface area contributed by atoms with Crippen LogP contribution in [0.1, 0.15) is 30.1 Å². The highest BCUT2D eigenvalue weighted by Crippen LogP contribution is 2.20. The number of rotatable bonds is 5. The molecule has 1 aliphatic rings. The molecule has 2 aromatic carbocycles. The SMILES string of the molecule is C[C@@H](CN1CCCC1)NC(=O)c1cccc(-c2cnc3ccccc3n2)c1. The van der Waals surface area contributed by atoms with E-state index in [0.29, 0.717) is 5.56 Å². The van der Waals surface area contributed by atoms with Crippen LogP contribution in [0.5, 0.6) is 0 Å². The van der Waals surface area contributed by atoms with Gasteiger partial charge in [0.15, 0.2) is 0 Å². The molecule has 0 spiro atoms. The van der Waals surface area contributed by atoms with Gasteiger partial charge in [0.1, 0.15) is 0 Å². The molecule has 27 heavy (non-hydrogen) atoms. The number of fused-ring (bicyclic) bond motifs is 1. The zero-order valence-electron chi connectivity index (χ0n) is 15.6. The standard InChI is InChI=1S/C22H24N4O/c1-16(15-26-11-4-5-12-26)24-22(27)18-8-6-7-17(13-18)21-14-23-19-9-2-3-10-20(19)25-21/h2-3,6-10,13-14,16H,4-5,11-12,15H2,1H3,(H,24,27)/t16-/m0/s1. The van der Waals surface area contributed by atoms with E-state index in [-0.39, 0.29) is 11.9 Å². The monoisotopic (exact) mass is 360 g/mol. The van der Waals surface area contributed by atoms with Gasteiger partial charge in [0.25, 0.3) is 5.91 Å². The van der Waals surface area contributed by atoms with E-state index in [2.05, 4.69) is 27.1 Å². The third-order valence-corrected chi connectivity index (χ3v) is 4.98. The summed E-state index contributed by atoms with van der Waals surface area (Å²) < 4.78 is 0. The molecule has 1 fully saturated rings. The van der Waals surface area contributed by atoms with Crippen LogP contribution in [0.2, 0.25) is 0 Å². The number of carbonyl (C=O) groups is 1. The fourth-order valence-electron chi connectivity index (χ4n) is 3.62. The van der Waals surface area contributed by atoms with E-state index in [4.69, 9.17) is 0 Å². The lowest BCUT2D eigenvalue weighted by molar-refractivity contribution is 0.0932. The number of para-hydroxylation sites is 2. The number of nitrogens with zero attached hydrogens (tertiary/aromatic N) is 3. The molecular formula is C22H24N4O. The minimum Gasteiger partial charge on any atom is -0.348 e. The lowest BCUT2D eigenvalue weighted by Crippen LogP contribution is -2.41. The van der Waals surface area contributed by atoms with Crippen LogP contribution in [0.3, 0.4) is 0 Å². The third kappa shape index (κ3) is 4.14. The maximum absolute atomic E-state index is 12.7. The quantitative estimate of drug-likeness (QED) is 0.756. The van der Waals surface area contributed by atoms with Gasteiger partial charge < -0.3 is 10.2 Å². The van der Waals surface area contributed by atoms with Crippen molar-refractivity contribution < 1.29 is 4.79 Å². The molecule has 5 heteroatoms. The summed E-state index contributed by atoms with van der Waals surface area (Å²) in [7, 11) is 0. The van der Waals surface area contributed by atoms with Crippen LogP contribution in [0, 0.1) is 0 Å². The van der Waals surface area contributed by atoms with Gasteiger partial charge in [-0.2, -0.15) is 0 Å². The Balaban J connectivity index is 1.49. The van der Waals surface area contributed by atoms with Crippen molar-refractivity contribution in [3.05, 3.63) is 60.3 Å². The van der Waals surface area contributed by atoms with E-state index in [1.165, 1.54) is 12.8 Å². The van der Waals surface area contributed by atoms with Crippen molar-refractivity contribution in [2.24, 2.45) is 0 Å². The minimum atomic E-state index is -0.0442. The Morgan fingerprint density at radius 2 is 1.89 bits per heavy atom. The van der Waals surface area contributed by atoms with Crippen LogP contribution in [-0.2, 0) is 0 Å². The molecule has 0 unspecified atom stereocenters. The van der Waals surface area contributed by atoms with Gasteiger partial charge >= 0.3 is 0 Å². The number of amides is 1. The highest BCUT2D eigenvalue weighted by Gasteiger charge is 2.17. The topological polar surface area (TPSA) is 58.1 Å². The van der Waals surface area contributed by atoms with Crippen molar-refractivity contribution in [1.29, 1.82) is 0 Å². The van der Waals surface area contributed by atoms with Crippen molar-refractivity contribution >= 4 is 16.9 Å². The largest absolute Gasteiger partial charge is 0.348 e. The lowest BCUT2D eigenvalue weighted by Gasteiger charge is -2.21. The Kier molecular flexibility index (Phi) is 5.12. The van der Waals surface area contributed by atoms with Crippen LogP contribution < -0.4 is 5.32 Å². The van der Waals surface area contributed by atoms with E-state index in [1.54, 1.807) is 6.20 Å². The molecule has 1 aliphatic heterocycles. The first-order chi connectivity index (χ1) is 13.2. The summed E-state index contributed by atoms with van der Waals surface area (Å²) in [5.74, 6) is -0.0442. The number of likely N-dealkylation sites (tertiary alicyclic amines) is 1. The molecule has 0 aliphatic carbocycles. The zero-order chi connectivity index (χ0) is 18.6. The van der Waals surface area contributed by atoms with Gasteiger partial charge in [-0.15, -0.1) is 0 Å². The Hall–Kier alpha value is -2.79. The summed E-state index contributed by atoms with van der Waals surface area (Å²) in [6.07, 6.45) is 4.28. The summed E-state index contributed by atoms with van der Waals surface area (Å²) in [4.78, 5) is 24.2. The van der Waals surface area contributed by atoms with Gasteiger partial charge in [0.2, 0.25) is 0 Å². The van der Waals surface area contributed by atoms with Crippen molar-refractivity contribution in [3.8, 4) is 11.3 Å². The molecule has 4 rings (SSSR count). The van der Waals surface area contributed by atoms with Crippen LogP contribution in [-0.4, -0.2) is 46.5 Å². The normalized spacial score (nSPS) is 15.7. The van der Waals surface area contributed by atoms with E-state index in [9.17, 15) is 4.79 Å². The molecule has 1 amide bonds. The predicted octanol–water partition coefficient (Wildman–Crippen LogP) is 3.51. The number of hydrogen-bond donors (Lipinski definition) is 1. The van der Waals surface area contributed by atoms with E-state index < -0.39 is 0 Å². The van der Waals surface area contributed by atoms with E-state index in [0.717, 1.165) is 41.9 Å². The average Bonchev–Trinajstić information content (AvgIpc) is 3.20. The molecule has 1 atom stereocenters. The van der Waals surface area contributed by atoms with Crippen molar-refractivity contribution in [2.75, 3.05) is 19.6 Å². The Bertz CT molecular complexity index is 950. The molecular weight excluding hydrogens is 336 g/mol. The summed E-state index contributed by atoms with van der Waals surface area (Å²) in [6, 6.07) is 15.5. The van der Waals surface area contributed by atoms with Crippen molar-refractivity contribution in [2.45, 2.75) is 25.8 Å². The number of aromatic nitrogens is 2. The molecule has 138 valence electrons. The summed E-state index contributed by atoms with van der Waals surface area (Å²) in [6.45, 7) is 5.24. The van der Waals surface area contributed by atoms with Gasteiger partial charge in [-0.25, -0.2) is 4.98 Å². The Labute approximate surface area is 159 Å². The molecule has 0 saturated carbocycles. The fourth-order valence-corrected chi connectivity index (χ4v) is 3.62. The van der Waals surface area contributed by atoms with Crippen LogP contribution >= 0.6 is 0 Å². The maximum Gasteiger partial charge on any atom is 0.251 e. The molecule has 0 bridgehead atoms. The smallest absolute Gasteiger partial charge is 0.251 e. The summed E-state index contributed by atoms with van der Waals surface area (Å²) in [5.41, 5.74) is 4.03. The minimum absolute atomic E-state index is 0.0442. The van der Waals surface area contributed by atoms with Crippen LogP contribution in [0.15, 0.2) is 54.7 Å². The number of benzene rings is 2. The molecule has 3 aromatic rings. The van der Waals surface area contributed by atoms with Crippen molar-refractivity contribution in [3.63, 3.8) is 0 Å². The zero-order valence-corrected chi connectivity index (χ0v) is 15.6. The lowest BCUT2D eigenvalue weighted by atomic mass is 10.1. The highest BCUT2D eigenvalue weighted by molar-refractivity contribution is 5.95. The first-order valence-corrected chi connectivity index (χ1v) is 9.54. The third-order valence-electron chi connectivity index (χ3n) is 4.98. The van der Waals surface area contributed by atoms with Crippen LogP contribution in [0.4, 0.5) is 0 Å². The number of nitrogens with one attached hydrogen (secondary N) is 1. The van der Waals surface area contributed by atoms with Crippen LogP contribution in [0.25, 0.3) is 22.3 Å². The van der Waals surface area contributed by atoms with Crippen molar-refractivity contribution in [1.82, 2.24) is 20.2 Å². The van der Waals surface area contributed by atoms with Gasteiger partial charge in [-0.3, -0.25) is 9.78 Å². The Morgan fingerprint density at radius 3 is 2.70 bits per heavy atom. The first-order valence-electron chi connectivity index (χ1n) is 9.54. The highest BCUT2D eigenvalue weighted by atomic mass is 16.1. The van der Waals surface area contributed by atoms with E-state index in [1.807, 2.05) is 48.5 Å². The average molecular weight is 360 g/mol. The maximum atomic E-state index is 12.7. The van der Waals surface area contributed by atoms with Gasteiger partial charge in [0, 0.05) is 23.7 Å². The predicted molar refractivity (Wildman–Crippen MR) is 108 cm³/mol. The van der Waals surface area contributed by atoms with Gasteiger partial charge in [-0.1, -0.05) is 24.3 Å². The number of hydrogen-bond acceptors (Lipinski definition) is 4. The van der Waals surface area contributed by atoms with Gasteiger partial charge in [0.05, 0.1) is 22.9 Å². The fraction of sp³-hybridized carbons (Fsp3) is 0.318. The second-order valence-electron chi connectivity index (χ2n) is 7.21. The van der Waals surface area contributed by atoms with Gasteiger partial charge in [-0.05, 0) is 57.1 Å². The molecule has 5 nitrogen and oxygen atoms in total. The molecule has 1 N–H and O–H groups in total. The molecule has 1 aromatic heterocycles. The molecule has 2 heterocycles. The van der Waals surface area contributed by atoms with E-state index >= 15 is 0 Å². The second kappa shape index (κ2) is 7.84. The Morgan fingerprint density at radius 1 is 1.11 bits per heavy atom. The summed E-state index contributed by atoms with van der Waals surface area (Å²) in [5, 5.41) is 3.11. The first kappa shape index (κ1) is 17.6.